The van der Waals surface area contributed by atoms with Crippen LogP contribution in [0, 0.1) is 25.7 Å². The molecule has 0 amide bonds. The van der Waals surface area contributed by atoms with Crippen molar-refractivity contribution in [2.75, 3.05) is 19.8 Å². The van der Waals surface area contributed by atoms with Gasteiger partial charge >= 0.3 is 0 Å². The number of H-pyrrole nitrogens is 1. The first-order chi connectivity index (χ1) is 14.9. The summed E-state index contributed by atoms with van der Waals surface area (Å²) < 4.78 is 5.56. The largest absolute Gasteiger partial charge is 0.380 e. The fraction of sp³-hybridized carbons (Fsp3) is 0.615. The van der Waals surface area contributed by atoms with Crippen molar-refractivity contribution in [2.45, 2.75) is 73.1 Å². The van der Waals surface area contributed by atoms with E-state index in [0.29, 0.717) is 25.0 Å². The van der Waals surface area contributed by atoms with Crippen LogP contribution in [0.5, 0.6) is 0 Å². The predicted octanol–water partition coefficient (Wildman–Crippen LogP) is 5.23. The second-order valence-corrected chi connectivity index (χ2v) is 9.25. The molecular weight excluding hydrogens is 384 g/mol. The third-order valence-corrected chi connectivity index (χ3v) is 6.61. The molecule has 31 heavy (non-hydrogen) atoms. The summed E-state index contributed by atoms with van der Waals surface area (Å²) in [6.45, 7) is 13.2. The molecular formula is C26H40N4O. The van der Waals surface area contributed by atoms with Crippen LogP contribution >= 0.6 is 0 Å². The maximum atomic E-state index is 5.56. The molecule has 0 radical (unpaired) electrons. The van der Waals surface area contributed by atoms with Gasteiger partial charge in [-0.1, -0.05) is 26.8 Å². The summed E-state index contributed by atoms with van der Waals surface area (Å²) in [5.74, 6) is 1.06. The lowest BCUT2D eigenvalue weighted by Crippen LogP contribution is -2.18. The van der Waals surface area contributed by atoms with Crippen LogP contribution in [0.3, 0.4) is 0 Å². The topological polar surface area (TPSA) is 76.3 Å². The van der Waals surface area contributed by atoms with Gasteiger partial charge in [-0.2, -0.15) is 5.10 Å². The van der Waals surface area contributed by atoms with Crippen LogP contribution in [0.4, 0.5) is 5.69 Å². The number of aliphatic imine (C=N–C) groups is 1. The molecule has 5 heteroatoms. The molecule has 3 rings (SSSR count). The summed E-state index contributed by atoms with van der Waals surface area (Å²) in [6, 6.07) is 4.54. The highest BCUT2D eigenvalue weighted by atomic mass is 16.5. The number of hydrogen-bond acceptors (Lipinski definition) is 4. The van der Waals surface area contributed by atoms with Gasteiger partial charge < -0.3 is 10.5 Å². The zero-order chi connectivity index (χ0) is 22.4. The number of hydrogen-bond donors (Lipinski definition) is 2. The van der Waals surface area contributed by atoms with Crippen molar-refractivity contribution in [3.05, 3.63) is 45.8 Å². The SMILES string of the molecule is CCC(C)C(=Nc1cc(CCCOCCN)c(C)cc1C)c1n[nH]c2c1CC(C)CC2. The van der Waals surface area contributed by atoms with Crippen LogP contribution in [-0.2, 0) is 24.0 Å². The molecule has 2 atom stereocenters. The van der Waals surface area contributed by atoms with Crippen molar-refractivity contribution >= 4 is 11.4 Å². The molecule has 3 N–H and O–H groups in total. The fourth-order valence-corrected chi connectivity index (χ4v) is 4.42. The maximum Gasteiger partial charge on any atom is 0.110 e. The van der Waals surface area contributed by atoms with Gasteiger partial charge in [0.1, 0.15) is 5.69 Å². The van der Waals surface area contributed by atoms with Gasteiger partial charge in [-0.15, -0.1) is 0 Å². The zero-order valence-electron chi connectivity index (χ0n) is 20.1. The molecule has 1 aliphatic rings. The Hall–Kier alpha value is -1.98. The standard InChI is InChI=1S/C26H40N4O/c1-6-18(3)25(26-22-14-17(2)9-10-23(22)29-30-26)28-24-16-21(19(4)15-20(24)5)8-7-12-31-13-11-27/h15-18H,6-14,27H2,1-5H3,(H,29,30). The number of aromatic nitrogens is 2. The summed E-state index contributed by atoms with van der Waals surface area (Å²) in [4.78, 5) is 5.25. The van der Waals surface area contributed by atoms with E-state index in [-0.39, 0.29) is 0 Å². The van der Waals surface area contributed by atoms with Gasteiger partial charge in [-0.05, 0) is 81.0 Å². The van der Waals surface area contributed by atoms with Crippen molar-refractivity contribution in [3.8, 4) is 0 Å². The highest BCUT2D eigenvalue weighted by molar-refractivity contribution is 6.03. The number of nitrogens with one attached hydrogen (secondary N) is 1. The first kappa shape index (κ1) is 23.7. The van der Waals surface area contributed by atoms with Crippen LogP contribution in [-0.4, -0.2) is 35.7 Å². The van der Waals surface area contributed by atoms with Crippen LogP contribution in [0.15, 0.2) is 17.1 Å². The highest BCUT2D eigenvalue weighted by Crippen LogP contribution is 2.31. The van der Waals surface area contributed by atoms with Gasteiger partial charge in [-0.3, -0.25) is 10.1 Å². The van der Waals surface area contributed by atoms with E-state index in [2.05, 4.69) is 51.9 Å². The normalized spacial score (nSPS) is 17.6. The Morgan fingerprint density at radius 3 is 2.84 bits per heavy atom. The predicted molar refractivity (Wildman–Crippen MR) is 130 cm³/mol. The molecule has 0 fully saturated rings. The maximum absolute atomic E-state index is 5.56. The van der Waals surface area contributed by atoms with Gasteiger partial charge in [-0.25, -0.2) is 0 Å². The van der Waals surface area contributed by atoms with Gasteiger partial charge in [0, 0.05) is 30.3 Å². The van der Waals surface area contributed by atoms with Crippen LogP contribution in [0.25, 0.3) is 0 Å². The molecule has 2 aromatic rings. The minimum atomic E-state index is 0.360. The number of fused-ring (bicyclic) bond motifs is 1. The molecule has 1 heterocycles. The third-order valence-electron chi connectivity index (χ3n) is 6.61. The van der Waals surface area contributed by atoms with E-state index in [1.54, 1.807) is 0 Å². The lowest BCUT2D eigenvalue weighted by molar-refractivity contribution is 0.139. The smallest absolute Gasteiger partial charge is 0.110 e. The molecule has 0 bridgehead atoms. The Bertz CT molecular complexity index is 899. The molecule has 5 nitrogen and oxygen atoms in total. The highest BCUT2D eigenvalue weighted by Gasteiger charge is 2.26. The molecule has 1 aliphatic carbocycles. The van der Waals surface area contributed by atoms with Gasteiger partial charge in [0.25, 0.3) is 0 Å². The number of aryl methyl sites for hydroxylation is 4. The van der Waals surface area contributed by atoms with E-state index < -0.39 is 0 Å². The number of ether oxygens (including phenoxy) is 1. The lowest BCUT2D eigenvalue weighted by Gasteiger charge is -2.20. The minimum absolute atomic E-state index is 0.360. The second-order valence-electron chi connectivity index (χ2n) is 9.25. The molecule has 1 aromatic carbocycles. The molecule has 1 aromatic heterocycles. The number of rotatable bonds is 10. The van der Waals surface area contributed by atoms with Crippen LogP contribution in [0.2, 0.25) is 0 Å². The second kappa shape index (κ2) is 11.1. The average Bonchev–Trinajstić information content (AvgIpc) is 3.16. The monoisotopic (exact) mass is 424 g/mol. The number of nitrogens with two attached hydrogens (primary N) is 1. The summed E-state index contributed by atoms with van der Waals surface area (Å²) in [6.07, 6.45) is 6.46. The van der Waals surface area contributed by atoms with Crippen molar-refractivity contribution in [1.82, 2.24) is 10.2 Å². The first-order valence-corrected chi connectivity index (χ1v) is 12.0. The molecule has 0 saturated carbocycles. The van der Waals surface area contributed by atoms with E-state index in [4.69, 9.17) is 20.6 Å². The number of benzene rings is 1. The van der Waals surface area contributed by atoms with Crippen molar-refractivity contribution in [1.29, 1.82) is 0 Å². The van der Waals surface area contributed by atoms with E-state index in [0.717, 1.165) is 55.8 Å². The molecule has 0 saturated heterocycles. The van der Waals surface area contributed by atoms with Crippen LogP contribution < -0.4 is 5.73 Å². The summed E-state index contributed by atoms with van der Waals surface area (Å²) >= 11 is 0. The van der Waals surface area contributed by atoms with Crippen molar-refractivity contribution < 1.29 is 4.74 Å². The zero-order valence-corrected chi connectivity index (χ0v) is 20.1. The number of nitrogens with zero attached hydrogens (tertiary/aromatic N) is 2. The van der Waals surface area contributed by atoms with Crippen molar-refractivity contribution in [3.63, 3.8) is 0 Å². The van der Waals surface area contributed by atoms with E-state index in [1.165, 1.54) is 34.4 Å². The Kier molecular flexibility index (Phi) is 8.44. The van der Waals surface area contributed by atoms with Gasteiger partial charge in [0.05, 0.1) is 18.0 Å². The Morgan fingerprint density at radius 2 is 2.10 bits per heavy atom. The molecule has 170 valence electrons. The van der Waals surface area contributed by atoms with Gasteiger partial charge in [0.15, 0.2) is 0 Å². The lowest BCUT2D eigenvalue weighted by atomic mass is 9.85. The third kappa shape index (κ3) is 5.83. The van der Waals surface area contributed by atoms with E-state index in [1.807, 2.05) is 0 Å². The molecule has 0 aliphatic heterocycles. The van der Waals surface area contributed by atoms with E-state index >= 15 is 0 Å². The van der Waals surface area contributed by atoms with Gasteiger partial charge in [0.2, 0.25) is 0 Å². The minimum Gasteiger partial charge on any atom is -0.380 e. The Morgan fingerprint density at radius 1 is 1.29 bits per heavy atom. The number of aromatic amines is 1. The average molecular weight is 425 g/mol. The fourth-order valence-electron chi connectivity index (χ4n) is 4.42. The first-order valence-electron chi connectivity index (χ1n) is 12.0. The molecule has 2 unspecified atom stereocenters. The Balaban J connectivity index is 1.92. The molecule has 0 spiro atoms. The quantitative estimate of drug-likeness (QED) is 0.405. The van der Waals surface area contributed by atoms with Crippen molar-refractivity contribution in [2.24, 2.45) is 22.6 Å². The van der Waals surface area contributed by atoms with E-state index in [9.17, 15) is 0 Å². The Labute approximate surface area is 187 Å². The van der Waals surface area contributed by atoms with Crippen LogP contribution in [0.1, 0.15) is 73.7 Å². The summed E-state index contributed by atoms with van der Waals surface area (Å²) in [7, 11) is 0. The summed E-state index contributed by atoms with van der Waals surface area (Å²) in [5.41, 5.74) is 15.4. The summed E-state index contributed by atoms with van der Waals surface area (Å²) in [5, 5.41) is 8.08.